The Labute approximate surface area is 135 Å². The van der Waals surface area contributed by atoms with Crippen LogP contribution >= 0.6 is 11.3 Å². The number of nitrogens with one attached hydrogen (secondary N) is 2. The molecule has 0 amide bonds. The molecule has 120 valence electrons. The van der Waals surface area contributed by atoms with E-state index < -0.39 is 0 Å². The van der Waals surface area contributed by atoms with Gasteiger partial charge in [0.25, 0.3) is 0 Å². The third kappa shape index (κ3) is 5.48. The monoisotopic (exact) mass is 320 g/mol. The van der Waals surface area contributed by atoms with Crippen molar-refractivity contribution in [3.63, 3.8) is 0 Å². The molecule has 22 heavy (non-hydrogen) atoms. The van der Waals surface area contributed by atoms with E-state index in [1.54, 1.807) is 17.5 Å². The molecule has 0 atom stereocenters. The lowest BCUT2D eigenvalue weighted by molar-refractivity contribution is 0.570. The second kappa shape index (κ2) is 9.19. The van der Waals surface area contributed by atoms with Crippen LogP contribution < -0.4 is 10.6 Å². The van der Waals surface area contributed by atoms with E-state index in [9.17, 15) is 0 Å². The van der Waals surface area contributed by atoms with Crippen LogP contribution in [-0.4, -0.2) is 33.8 Å². The number of hydrogen-bond donors (Lipinski definition) is 2. The molecule has 2 aromatic rings. The van der Waals surface area contributed by atoms with Gasteiger partial charge in [-0.2, -0.15) is 5.10 Å². The molecule has 0 aliphatic carbocycles. The molecule has 2 N–H and O–H groups in total. The minimum absolute atomic E-state index is 0.624. The first-order valence-electron chi connectivity index (χ1n) is 7.75. The van der Waals surface area contributed by atoms with Crippen molar-refractivity contribution in [2.45, 2.75) is 39.8 Å². The Balaban J connectivity index is 1.76. The second-order valence-electron chi connectivity index (χ2n) is 4.82. The highest BCUT2D eigenvalue weighted by molar-refractivity contribution is 7.11. The molecule has 0 radical (unpaired) electrons. The molecular formula is C15H24N6S. The first kappa shape index (κ1) is 16.5. The average molecular weight is 320 g/mol. The molecule has 0 aliphatic heterocycles. The lowest BCUT2D eigenvalue weighted by Crippen LogP contribution is -2.38. The van der Waals surface area contributed by atoms with Gasteiger partial charge in [-0.3, -0.25) is 4.68 Å². The zero-order chi connectivity index (χ0) is 15.6. The zero-order valence-electron chi connectivity index (χ0n) is 13.2. The van der Waals surface area contributed by atoms with Crippen LogP contribution in [0.2, 0.25) is 0 Å². The van der Waals surface area contributed by atoms with Gasteiger partial charge in [0.2, 0.25) is 0 Å². The summed E-state index contributed by atoms with van der Waals surface area (Å²) >= 11 is 1.73. The van der Waals surface area contributed by atoms with Crippen molar-refractivity contribution in [1.29, 1.82) is 0 Å². The summed E-state index contributed by atoms with van der Waals surface area (Å²) in [6.45, 7) is 7.46. The highest BCUT2D eigenvalue weighted by atomic mass is 32.1. The first-order chi connectivity index (χ1) is 10.8. The first-order valence-corrected chi connectivity index (χ1v) is 8.56. The molecule has 0 fully saturated rings. The quantitative estimate of drug-likeness (QED) is 0.444. The van der Waals surface area contributed by atoms with Crippen molar-refractivity contribution in [1.82, 2.24) is 25.4 Å². The maximum absolute atomic E-state index is 4.59. The lowest BCUT2D eigenvalue weighted by Gasteiger charge is -2.10. The van der Waals surface area contributed by atoms with Gasteiger partial charge in [0.1, 0.15) is 5.01 Å². The summed E-state index contributed by atoms with van der Waals surface area (Å²) in [5.74, 6) is 0.844. The van der Waals surface area contributed by atoms with Gasteiger partial charge >= 0.3 is 0 Å². The third-order valence-electron chi connectivity index (χ3n) is 3.08. The lowest BCUT2D eigenvalue weighted by atomic mass is 10.4. The number of guanidine groups is 1. The summed E-state index contributed by atoms with van der Waals surface area (Å²) in [6, 6.07) is 1.94. The van der Waals surface area contributed by atoms with Crippen LogP contribution in [0.3, 0.4) is 0 Å². The van der Waals surface area contributed by atoms with E-state index in [4.69, 9.17) is 0 Å². The van der Waals surface area contributed by atoms with Gasteiger partial charge < -0.3 is 10.6 Å². The van der Waals surface area contributed by atoms with Crippen LogP contribution in [0.4, 0.5) is 0 Å². The number of rotatable bonds is 8. The molecule has 0 unspecified atom stereocenters. The molecule has 6 nitrogen and oxygen atoms in total. The van der Waals surface area contributed by atoms with E-state index in [0.717, 1.165) is 43.4 Å². The molecule has 0 spiro atoms. The molecule has 0 saturated carbocycles. The van der Waals surface area contributed by atoms with Gasteiger partial charge in [-0.25, -0.2) is 9.98 Å². The van der Waals surface area contributed by atoms with E-state index in [-0.39, 0.29) is 0 Å². The Hall–Kier alpha value is -1.89. The van der Waals surface area contributed by atoms with Gasteiger partial charge in [-0.15, -0.1) is 11.3 Å². The van der Waals surface area contributed by atoms with Gasteiger partial charge in [0.05, 0.1) is 6.54 Å². The number of hydrogen-bond acceptors (Lipinski definition) is 4. The van der Waals surface area contributed by atoms with Crippen LogP contribution in [0, 0.1) is 0 Å². The number of aromatic nitrogens is 3. The molecule has 7 heteroatoms. The average Bonchev–Trinajstić information content (AvgIpc) is 3.20. The summed E-state index contributed by atoms with van der Waals surface area (Å²) in [6.07, 6.45) is 7.76. The van der Waals surface area contributed by atoms with Crippen molar-refractivity contribution in [2.75, 3.05) is 13.1 Å². The minimum Gasteiger partial charge on any atom is -0.357 e. The van der Waals surface area contributed by atoms with E-state index in [0.29, 0.717) is 6.54 Å². The second-order valence-corrected chi connectivity index (χ2v) is 6.02. The summed E-state index contributed by atoms with van der Waals surface area (Å²) < 4.78 is 1.94. The largest absolute Gasteiger partial charge is 0.357 e. The summed E-state index contributed by atoms with van der Waals surface area (Å²) in [5.41, 5.74) is 0. The van der Waals surface area contributed by atoms with E-state index >= 15 is 0 Å². The van der Waals surface area contributed by atoms with Crippen molar-refractivity contribution in [3.8, 4) is 0 Å². The molecule has 0 saturated heterocycles. The molecular weight excluding hydrogens is 296 g/mol. The maximum Gasteiger partial charge on any atom is 0.191 e. The van der Waals surface area contributed by atoms with Gasteiger partial charge in [-0.05, 0) is 25.8 Å². The van der Waals surface area contributed by atoms with Crippen molar-refractivity contribution >= 4 is 17.3 Å². The Morgan fingerprint density at radius 1 is 1.36 bits per heavy atom. The smallest absolute Gasteiger partial charge is 0.191 e. The fraction of sp³-hybridized carbons (Fsp3) is 0.533. The third-order valence-corrected chi connectivity index (χ3v) is 4.21. The van der Waals surface area contributed by atoms with Gasteiger partial charge in [-0.1, -0.05) is 6.92 Å². The van der Waals surface area contributed by atoms with Gasteiger partial charge in [0, 0.05) is 43.1 Å². The normalized spacial score (nSPS) is 11.6. The van der Waals surface area contributed by atoms with Crippen LogP contribution in [-0.2, 0) is 19.5 Å². The summed E-state index contributed by atoms with van der Waals surface area (Å²) in [5, 5.41) is 11.9. The minimum atomic E-state index is 0.624. The molecule has 0 aliphatic rings. The van der Waals surface area contributed by atoms with E-state index in [2.05, 4.69) is 39.6 Å². The molecule has 2 rings (SSSR count). The number of aliphatic imine (C=N–C) groups is 1. The predicted molar refractivity (Wildman–Crippen MR) is 91.2 cm³/mol. The van der Waals surface area contributed by atoms with Crippen molar-refractivity contribution in [3.05, 3.63) is 34.5 Å². The highest BCUT2D eigenvalue weighted by Crippen LogP contribution is 2.13. The van der Waals surface area contributed by atoms with Crippen LogP contribution in [0.15, 0.2) is 29.6 Å². The van der Waals surface area contributed by atoms with Crippen LogP contribution in [0.1, 0.15) is 30.2 Å². The SMILES string of the molecule is CCNC(=NCc1ncc(CC)s1)NCCCn1cccn1. The molecule has 0 aromatic carbocycles. The Morgan fingerprint density at radius 2 is 2.27 bits per heavy atom. The predicted octanol–water partition coefficient (Wildman–Crippen LogP) is 2.05. The fourth-order valence-electron chi connectivity index (χ4n) is 1.95. The fourth-order valence-corrected chi connectivity index (χ4v) is 2.74. The van der Waals surface area contributed by atoms with Crippen molar-refractivity contribution in [2.24, 2.45) is 4.99 Å². The highest BCUT2D eigenvalue weighted by Gasteiger charge is 2.01. The van der Waals surface area contributed by atoms with Gasteiger partial charge in [0.15, 0.2) is 5.96 Å². The molecule has 2 aromatic heterocycles. The zero-order valence-corrected chi connectivity index (χ0v) is 14.1. The van der Waals surface area contributed by atoms with E-state index in [1.165, 1.54) is 4.88 Å². The Morgan fingerprint density at radius 3 is 2.95 bits per heavy atom. The molecule has 0 bridgehead atoms. The number of aryl methyl sites for hydroxylation is 2. The van der Waals surface area contributed by atoms with Crippen molar-refractivity contribution < 1.29 is 0 Å². The maximum atomic E-state index is 4.59. The summed E-state index contributed by atoms with van der Waals surface area (Å²) in [4.78, 5) is 10.3. The Kier molecular flexibility index (Phi) is 6.89. The number of nitrogens with zero attached hydrogens (tertiary/aromatic N) is 4. The van der Waals surface area contributed by atoms with E-state index in [1.807, 2.05) is 23.1 Å². The molecule has 2 heterocycles. The van der Waals surface area contributed by atoms with Crippen LogP contribution in [0.25, 0.3) is 0 Å². The summed E-state index contributed by atoms with van der Waals surface area (Å²) in [7, 11) is 0. The standard InChI is InChI=1S/C15H24N6S/c1-3-13-11-18-14(22-13)12-19-15(16-4-2)17-7-5-9-21-10-6-8-20-21/h6,8,10-11H,3-5,7,9,12H2,1-2H3,(H2,16,17,19). The number of thiazole rings is 1. The Bertz CT molecular complexity index is 560. The van der Waals surface area contributed by atoms with Crippen LogP contribution in [0.5, 0.6) is 0 Å². The topological polar surface area (TPSA) is 67.1 Å².